The van der Waals surface area contributed by atoms with Gasteiger partial charge in [-0.1, -0.05) is 173 Å². The number of para-hydroxylation sites is 3. The molecule has 0 aliphatic heterocycles. The molecule has 348 valence electrons. The van der Waals surface area contributed by atoms with E-state index in [1.165, 1.54) is 116 Å². The van der Waals surface area contributed by atoms with E-state index in [9.17, 15) is 0 Å². The lowest BCUT2D eigenvalue weighted by molar-refractivity contribution is 0.699. The second-order valence-corrected chi connectivity index (χ2v) is 21.6. The Morgan fingerprint density at radius 3 is 1.71 bits per heavy atom. The van der Waals surface area contributed by atoms with Gasteiger partial charge in [0.1, 0.15) is 0 Å². The SMILES string of the molecule is CC1(C)C2=C(c3c1ccc1c3c3c(n1-c1ccccc1)C=CCC3)C(C)(C)c1c2ccc2c1c1cccc(-c3ccc(N(c4ccc5ccccc5c4)c4ccc5ccccc5c4)cc3)c1n2-c1ccccc1. The Morgan fingerprint density at radius 1 is 0.452 bits per heavy atom. The minimum Gasteiger partial charge on any atom is -0.310 e. The smallest absolute Gasteiger partial charge is 0.0619 e. The van der Waals surface area contributed by atoms with Crippen LogP contribution in [0.25, 0.3) is 94.0 Å². The lowest BCUT2D eigenvalue weighted by atomic mass is 9.73. The largest absolute Gasteiger partial charge is 0.310 e. The summed E-state index contributed by atoms with van der Waals surface area (Å²) in [4.78, 5) is 2.40. The molecule has 0 saturated carbocycles. The standard InChI is InChI=1S/C70H53N3/c1-69(2)58-39-41-60-62(55-26-15-16-29-59(55)72(60)49-22-7-5-8-23-49)64(58)67-66(69)57-38-40-61-63(65(57)70(67,3)4)56-28-17-27-54(68(56)73(61)50-24-9-6-10-25-50)46-32-34-51(35-33-46)71(52-36-30-44-18-11-13-20-47(44)42-52)53-37-31-45-19-12-14-21-48(45)43-53/h5-14,16-25,27-43H,15,26H2,1-4H3. The first kappa shape index (κ1) is 42.1. The van der Waals surface area contributed by atoms with Crippen molar-refractivity contribution in [2.24, 2.45) is 0 Å². The zero-order valence-electron chi connectivity index (χ0n) is 41.6. The fourth-order valence-corrected chi connectivity index (χ4v) is 13.7. The number of benzene rings is 10. The van der Waals surface area contributed by atoms with Crippen molar-refractivity contribution in [2.45, 2.75) is 51.4 Å². The molecule has 0 saturated heterocycles. The maximum Gasteiger partial charge on any atom is 0.0619 e. The third-order valence-corrected chi connectivity index (χ3v) is 16.8. The van der Waals surface area contributed by atoms with Gasteiger partial charge in [0, 0.05) is 66.7 Å². The average Bonchev–Trinajstić information content (AvgIpc) is 4.13. The highest BCUT2D eigenvalue weighted by Gasteiger charge is 2.52. The second-order valence-electron chi connectivity index (χ2n) is 21.6. The van der Waals surface area contributed by atoms with Gasteiger partial charge in [-0.15, -0.1) is 0 Å². The van der Waals surface area contributed by atoms with Crippen molar-refractivity contribution < 1.29 is 0 Å². The molecule has 3 nitrogen and oxygen atoms in total. The van der Waals surface area contributed by atoms with Crippen molar-refractivity contribution in [2.75, 3.05) is 4.90 Å². The fourth-order valence-electron chi connectivity index (χ4n) is 13.7. The molecule has 0 N–H and O–H groups in total. The molecule has 0 atom stereocenters. The van der Waals surface area contributed by atoms with Crippen molar-refractivity contribution >= 4 is 88.5 Å². The predicted molar refractivity (Wildman–Crippen MR) is 309 cm³/mol. The van der Waals surface area contributed by atoms with E-state index in [0.29, 0.717) is 0 Å². The lowest BCUT2D eigenvalue weighted by Gasteiger charge is -2.29. The van der Waals surface area contributed by atoms with Crippen molar-refractivity contribution in [1.29, 1.82) is 0 Å². The summed E-state index contributed by atoms with van der Waals surface area (Å²) in [6, 6.07) is 78.9. The van der Waals surface area contributed by atoms with Crippen molar-refractivity contribution in [3.63, 3.8) is 0 Å². The van der Waals surface area contributed by atoms with Crippen LogP contribution in [0.3, 0.4) is 0 Å². The average molecular weight is 936 g/mol. The van der Waals surface area contributed by atoms with Crippen LogP contribution in [0.2, 0.25) is 0 Å². The van der Waals surface area contributed by atoms with Gasteiger partial charge in [-0.2, -0.15) is 0 Å². The van der Waals surface area contributed by atoms with Crippen LogP contribution >= 0.6 is 0 Å². The van der Waals surface area contributed by atoms with Gasteiger partial charge in [-0.25, -0.2) is 0 Å². The monoisotopic (exact) mass is 935 g/mol. The minimum atomic E-state index is -0.296. The normalized spacial score (nSPS) is 15.1. The number of anilines is 3. The van der Waals surface area contributed by atoms with Crippen LogP contribution in [0, 0.1) is 0 Å². The van der Waals surface area contributed by atoms with Gasteiger partial charge in [0.15, 0.2) is 0 Å². The molecule has 15 rings (SSSR count). The summed E-state index contributed by atoms with van der Waals surface area (Å²) in [5.41, 5.74) is 23.0. The van der Waals surface area contributed by atoms with Gasteiger partial charge < -0.3 is 14.0 Å². The van der Waals surface area contributed by atoms with Crippen molar-refractivity contribution in [3.05, 3.63) is 252 Å². The van der Waals surface area contributed by atoms with Gasteiger partial charge >= 0.3 is 0 Å². The number of rotatable bonds is 6. The van der Waals surface area contributed by atoms with E-state index < -0.39 is 0 Å². The van der Waals surface area contributed by atoms with Gasteiger partial charge in [-0.3, -0.25) is 0 Å². The maximum absolute atomic E-state index is 2.55. The highest BCUT2D eigenvalue weighted by molar-refractivity contribution is 6.23. The molecule has 3 aliphatic carbocycles. The molecule has 2 heterocycles. The summed E-state index contributed by atoms with van der Waals surface area (Å²) in [5.74, 6) is 0. The van der Waals surface area contributed by atoms with Crippen LogP contribution < -0.4 is 4.90 Å². The van der Waals surface area contributed by atoms with Crippen LogP contribution in [0.5, 0.6) is 0 Å². The van der Waals surface area contributed by atoms with Crippen LogP contribution in [-0.2, 0) is 17.3 Å². The number of allylic oxidation sites excluding steroid dienone is 3. The summed E-state index contributed by atoms with van der Waals surface area (Å²) >= 11 is 0. The van der Waals surface area contributed by atoms with Gasteiger partial charge in [0.2, 0.25) is 0 Å². The Hall–Kier alpha value is -8.66. The Balaban J connectivity index is 0.926. The number of hydrogen-bond donors (Lipinski definition) is 0. The fraction of sp³-hybridized carbons (Fsp3) is 0.114. The Labute approximate surface area is 426 Å². The minimum absolute atomic E-state index is 0.195. The van der Waals surface area contributed by atoms with E-state index in [-0.39, 0.29) is 10.8 Å². The molecule has 0 amide bonds. The molecule has 0 unspecified atom stereocenters. The molecule has 0 spiro atoms. The molecular weight excluding hydrogens is 883 g/mol. The summed E-state index contributed by atoms with van der Waals surface area (Å²) in [7, 11) is 0. The van der Waals surface area contributed by atoms with Crippen LogP contribution in [0.4, 0.5) is 17.1 Å². The zero-order chi connectivity index (χ0) is 48.7. The summed E-state index contributed by atoms with van der Waals surface area (Å²) in [6.07, 6.45) is 6.83. The Bertz CT molecular complexity index is 4270. The third kappa shape index (κ3) is 5.94. The number of fused-ring (bicyclic) bond motifs is 14. The summed E-state index contributed by atoms with van der Waals surface area (Å²) in [6.45, 7) is 9.99. The molecule has 0 radical (unpaired) electrons. The molecule has 12 aromatic rings. The zero-order valence-corrected chi connectivity index (χ0v) is 41.6. The summed E-state index contributed by atoms with van der Waals surface area (Å²) in [5, 5.41) is 8.98. The molecule has 3 aliphatic rings. The van der Waals surface area contributed by atoms with Crippen molar-refractivity contribution in [1.82, 2.24) is 9.13 Å². The molecule has 2 aromatic heterocycles. The predicted octanol–water partition coefficient (Wildman–Crippen LogP) is 18.6. The molecule has 0 bridgehead atoms. The molecule has 0 fully saturated rings. The summed E-state index contributed by atoms with van der Waals surface area (Å²) < 4.78 is 5.07. The maximum atomic E-state index is 2.55. The Kier molecular flexibility index (Phi) is 8.89. The van der Waals surface area contributed by atoms with E-state index >= 15 is 0 Å². The van der Waals surface area contributed by atoms with Gasteiger partial charge in [0.25, 0.3) is 0 Å². The lowest BCUT2D eigenvalue weighted by Crippen LogP contribution is -2.19. The second kappa shape index (κ2) is 15.4. The van der Waals surface area contributed by atoms with E-state index in [4.69, 9.17) is 0 Å². The molecule has 10 aromatic carbocycles. The molecular formula is C70H53N3. The molecule has 3 heteroatoms. The van der Waals surface area contributed by atoms with Crippen LogP contribution in [-0.4, -0.2) is 9.13 Å². The van der Waals surface area contributed by atoms with Crippen LogP contribution in [0.1, 0.15) is 67.6 Å². The number of aryl methyl sites for hydroxylation is 1. The molecule has 73 heavy (non-hydrogen) atoms. The van der Waals surface area contributed by atoms with E-state index in [2.05, 4.69) is 266 Å². The topological polar surface area (TPSA) is 13.1 Å². The highest BCUT2D eigenvalue weighted by atomic mass is 15.1. The first-order valence-corrected chi connectivity index (χ1v) is 26.0. The van der Waals surface area contributed by atoms with E-state index in [0.717, 1.165) is 35.6 Å². The highest BCUT2D eigenvalue weighted by Crippen LogP contribution is 2.66. The number of nitrogens with zero attached hydrogens (tertiary/aromatic N) is 3. The first-order valence-electron chi connectivity index (χ1n) is 26.0. The Morgan fingerprint density at radius 2 is 1.04 bits per heavy atom. The van der Waals surface area contributed by atoms with E-state index in [1.54, 1.807) is 0 Å². The number of aromatic nitrogens is 2. The van der Waals surface area contributed by atoms with Crippen molar-refractivity contribution in [3.8, 4) is 22.5 Å². The van der Waals surface area contributed by atoms with E-state index in [1.807, 2.05) is 0 Å². The van der Waals surface area contributed by atoms with Gasteiger partial charge in [-0.05, 0) is 158 Å². The first-order chi connectivity index (χ1) is 35.8. The number of hydrogen-bond acceptors (Lipinski definition) is 1. The van der Waals surface area contributed by atoms with Gasteiger partial charge in [0.05, 0.1) is 16.6 Å². The quantitative estimate of drug-likeness (QED) is 0.162. The third-order valence-electron chi connectivity index (χ3n) is 16.8. The van der Waals surface area contributed by atoms with Crippen LogP contribution in [0.15, 0.2) is 218 Å².